The molecular weight excluding hydrogens is 302 g/mol. The highest BCUT2D eigenvalue weighted by Gasteiger charge is 2.41. The van der Waals surface area contributed by atoms with Crippen LogP contribution in [0.25, 0.3) is 0 Å². The number of hydrogen-bond donors (Lipinski definition) is 2. The number of ether oxygens (including phenoxy) is 2. The number of benzene rings is 2. The first kappa shape index (κ1) is 15.5. The molecule has 2 aliphatic heterocycles. The van der Waals surface area contributed by atoms with E-state index >= 15 is 0 Å². The summed E-state index contributed by atoms with van der Waals surface area (Å²) >= 11 is 0. The molecule has 2 aromatic rings. The molecule has 4 heteroatoms. The van der Waals surface area contributed by atoms with Crippen molar-refractivity contribution in [3.8, 4) is 5.75 Å². The predicted octanol–water partition coefficient (Wildman–Crippen LogP) is 4.14. The van der Waals surface area contributed by atoms with Gasteiger partial charge >= 0.3 is 0 Å². The summed E-state index contributed by atoms with van der Waals surface area (Å²) in [4.78, 5) is 0. The second kappa shape index (κ2) is 6.11. The van der Waals surface area contributed by atoms with Gasteiger partial charge in [-0.2, -0.15) is 0 Å². The molecule has 0 aliphatic carbocycles. The lowest BCUT2D eigenvalue weighted by Gasteiger charge is -2.43. The van der Waals surface area contributed by atoms with E-state index in [-0.39, 0.29) is 24.0 Å². The van der Waals surface area contributed by atoms with E-state index in [1.165, 1.54) is 11.1 Å². The van der Waals surface area contributed by atoms with Gasteiger partial charge in [0.25, 0.3) is 0 Å². The third kappa shape index (κ3) is 2.66. The zero-order valence-corrected chi connectivity index (χ0v) is 14.0. The van der Waals surface area contributed by atoms with Crippen LogP contribution in [0.5, 0.6) is 5.75 Å². The zero-order valence-electron chi connectivity index (χ0n) is 14.0. The minimum Gasteiger partial charge on any atom is -0.508 e. The first-order valence-corrected chi connectivity index (χ1v) is 8.56. The predicted molar refractivity (Wildman–Crippen MR) is 93.4 cm³/mol. The summed E-state index contributed by atoms with van der Waals surface area (Å²) in [5, 5.41) is 13.4. The van der Waals surface area contributed by atoms with Crippen LogP contribution in [-0.4, -0.2) is 24.4 Å². The first-order valence-electron chi connectivity index (χ1n) is 8.56. The molecule has 3 atom stereocenters. The summed E-state index contributed by atoms with van der Waals surface area (Å²) in [6.45, 7) is 5.60. The summed E-state index contributed by atoms with van der Waals surface area (Å²) in [6, 6.07) is 13.8. The lowest BCUT2D eigenvalue weighted by atomic mass is 9.86. The van der Waals surface area contributed by atoms with E-state index in [9.17, 15) is 5.11 Å². The lowest BCUT2D eigenvalue weighted by Crippen LogP contribution is -2.43. The topological polar surface area (TPSA) is 50.7 Å². The average molecular weight is 325 g/mol. The van der Waals surface area contributed by atoms with Crippen LogP contribution < -0.4 is 5.32 Å². The summed E-state index contributed by atoms with van der Waals surface area (Å²) in [6.07, 6.45) is -0.184. The Kier molecular flexibility index (Phi) is 3.94. The normalized spacial score (nSPS) is 25.7. The molecular formula is C20H23NO3. The van der Waals surface area contributed by atoms with E-state index in [4.69, 9.17) is 9.47 Å². The van der Waals surface area contributed by atoms with E-state index in [2.05, 4.69) is 37.4 Å². The molecule has 2 heterocycles. The highest BCUT2D eigenvalue weighted by Crippen LogP contribution is 2.45. The van der Waals surface area contributed by atoms with Gasteiger partial charge in [0.05, 0.1) is 19.3 Å². The number of hydrogen-bond acceptors (Lipinski definition) is 4. The summed E-state index contributed by atoms with van der Waals surface area (Å²) in [5.41, 5.74) is 4.56. The smallest absolute Gasteiger partial charge is 0.115 e. The van der Waals surface area contributed by atoms with Crippen molar-refractivity contribution in [1.29, 1.82) is 0 Å². The highest BCUT2D eigenvalue weighted by atomic mass is 16.6. The number of fused-ring (bicyclic) bond motifs is 3. The maximum absolute atomic E-state index is 9.83. The van der Waals surface area contributed by atoms with Crippen LogP contribution in [0.4, 0.5) is 5.69 Å². The van der Waals surface area contributed by atoms with Crippen molar-refractivity contribution in [2.75, 3.05) is 18.5 Å². The lowest BCUT2D eigenvalue weighted by molar-refractivity contribution is -0.151. The van der Waals surface area contributed by atoms with Gasteiger partial charge in [-0.15, -0.1) is 0 Å². The molecule has 0 amide bonds. The van der Waals surface area contributed by atoms with Crippen LogP contribution in [0.15, 0.2) is 42.5 Å². The van der Waals surface area contributed by atoms with Crippen LogP contribution in [0.2, 0.25) is 0 Å². The van der Waals surface area contributed by atoms with Gasteiger partial charge in [-0.05, 0) is 35.2 Å². The summed E-state index contributed by atoms with van der Waals surface area (Å²) in [7, 11) is 0. The molecule has 0 spiro atoms. The number of aromatic hydroxyl groups is 1. The van der Waals surface area contributed by atoms with Gasteiger partial charge in [0.2, 0.25) is 0 Å². The molecule has 0 saturated carbocycles. The Hall–Kier alpha value is -2.04. The minimum atomic E-state index is -0.101. The third-order valence-corrected chi connectivity index (χ3v) is 4.91. The van der Waals surface area contributed by atoms with Crippen LogP contribution in [-0.2, 0) is 9.47 Å². The van der Waals surface area contributed by atoms with Crippen LogP contribution in [0, 0.1) is 0 Å². The Morgan fingerprint density at radius 1 is 1.08 bits per heavy atom. The van der Waals surface area contributed by atoms with Crippen LogP contribution in [0.1, 0.15) is 48.6 Å². The molecule has 1 fully saturated rings. The fourth-order valence-corrected chi connectivity index (χ4v) is 3.63. The van der Waals surface area contributed by atoms with Crippen LogP contribution in [0.3, 0.4) is 0 Å². The number of nitrogens with one attached hydrogen (secondary N) is 1. The van der Waals surface area contributed by atoms with Crippen molar-refractivity contribution < 1.29 is 14.6 Å². The fourth-order valence-electron chi connectivity index (χ4n) is 3.63. The third-order valence-electron chi connectivity index (χ3n) is 4.91. The van der Waals surface area contributed by atoms with Gasteiger partial charge < -0.3 is 19.9 Å². The highest BCUT2D eigenvalue weighted by molar-refractivity contribution is 5.59. The second-order valence-electron chi connectivity index (χ2n) is 6.85. The van der Waals surface area contributed by atoms with Gasteiger partial charge in [0.15, 0.2) is 0 Å². The molecule has 0 bridgehead atoms. The van der Waals surface area contributed by atoms with Gasteiger partial charge in [-0.1, -0.05) is 38.1 Å². The molecule has 4 rings (SSSR count). The number of phenolic OH excluding ortho intramolecular Hbond substituents is 1. The molecule has 2 N–H and O–H groups in total. The fraction of sp³-hybridized carbons (Fsp3) is 0.400. The number of phenols is 1. The standard InChI is InChI=1S/C20H23NO3/c1-12(2)13-6-7-17-16(11-13)19-20(24-9-8-23-19)18(21-17)14-4-3-5-15(22)10-14/h3-7,10-12,18-22H,8-9H2,1-2H3/t18-,19+,20-/m0/s1. The number of rotatable bonds is 2. The van der Waals surface area contributed by atoms with Crippen LogP contribution >= 0.6 is 0 Å². The van der Waals surface area contributed by atoms with Crippen molar-refractivity contribution in [3.63, 3.8) is 0 Å². The van der Waals surface area contributed by atoms with E-state index in [0.717, 1.165) is 11.3 Å². The number of anilines is 1. The summed E-state index contributed by atoms with van der Waals surface area (Å²) < 4.78 is 12.2. The van der Waals surface area contributed by atoms with E-state index in [1.807, 2.05) is 12.1 Å². The molecule has 0 unspecified atom stereocenters. The Morgan fingerprint density at radius 2 is 1.92 bits per heavy atom. The molecule has 2 aliphatic rings. The first-order chi connectivity index (χ1) is 11.6. The van der Waals surface area contributed by atoms with Gasteiger partial charge in [0, 0.05) is 11.3 Å². The molecule has 24 heavy (non-hydrogen) atoms. The van der Waals surface area contributed by atoms with Crippen molar-refractivity contribution in [2.45, 2.75) is 38.0 Å². The maximum Gasteiger partial charge on any atom is 0.115 e. The molecule has 0 radical (unpaired) electrons. The second-order valence-corrected chi connectivity index (χ2v) is 6.85. The Balaban J connectivity index is 1.77. The van der Waals surface area contributed by atoms with Gasteiger partial charge in [-0.25, -0.2) is 0 Å². The largest absolute Gasteiger partial charge is 0.508 e. The van der Waals surface area contributed by atoms with Crippen molar-refractivity contribution >= 4 is 5.69 Å². The quantitative estimate of drug-likeness (QED) is 0.871. The Labute approximate surface area is 142 Å². The molecule has 4 nitrogen and oxygen atoms in total. The van der Waals surface area contributed by atoms with Crippen molar-refractivity contribution in [1.82, 2.24) is 0 Å². The Bertz CT molecular complexity index is 743. The average Bonchev–Trinajstić information content (AvgIpc) is 2.60. The van der Waals surface area contributed by atoms with E-state index in [1.54, 1.807) is 12.1 Å². The van der Waals surface area contributed by atoms with E-state index < -0.39 is 0 Å². The Morgan fingerprint density at radius 3 is 2.71 bits per heavy atom. The minimum absolute atomic E-state index is 0.0419. The SMILES string of the molecule is CC(C)c1ccc2c(c1)[C@H]1OCCO[C@H]1[C@H](c1cccc(O)c1)N2. The maximum atomic E-state index is 9.83. The summed E-state index contributed by atoms with van der Waals surface area (Å²) in [5.74, 6) is 0.741. The van der Waals surface area contributed by atoms with Crippen molar-refractivity contribution in [3.05, 3.63) is 59.2 Å². The van der Waals surface area contributed by atoms with Gasteiger partial charge in [0.1, 0.15) is 18.0 Å². The molecule has 126 valence electrons. The van der Waals surface area contributed by atoms with E-state index in [0.29, 0.717) is 19.1 Å². The monoisotopic (exact) mass is 325 g/mol. The molecule has 0 aromatic heterocycles. The van der Waals surface area contributed by atoms with Gasteiger partial charge in [-0.3, -0.25) is 0 Å². The molecule has 1 saturated heterocycles. The van der Waals surface area contributed by atoms with Crippen molar-refractivity contribution in [2.24, 2.45) is 0 Å². The zero-order chi connectivity index (χ0) is 16.7. The molecule has 2 aromatic carbocycles.